The molecule has 1 aromatic carbocycles. The fraction of sp³-hybridized carbons (Fsp3) is 0.500. The normalized spacial score (nSPS) is 22.0. The molecular formula is C14H19N5O4S. The van der Waals surface area contributed by atoms with Crippen molar-refractivity contribution in [1.82, 2.24) is 24.5 Å². The van der Waals surface area contributed by atoms with Gasteiger partial charge in [-0.05, 0) is 47.5 Å². The maximum atomic E-state index is 12.2. The van der Waals surface area contributed by atoms with Crippen LogP contribution in [0.1, 0.15) is 24.7 Å². The number of ether oxygens (including phenoxy) is 1. The predicted octanol–water partition coefficient (Wildman–Crippen LogP) is 0.128. The lowest BCUT2D eigenvalue weighted by molar-refractivity contribution is 0.195. The molecule has 3 rings (SSSR count). The zero-order valence-corrected chi connectivity index (χ0v) is 14.2. The highest BCUT2D eigenvalue weighted by atomic mass is 32.2. The zero-order chi connectivity index (χ0) is 17.3. The van der Waals surface area contributed by atoms with Crippen molar-refractivity contribution in [3.8, 4) is 11.4 Å². The zero-order valence-electron chi connectivity index (χ0n) is 13.4. The van der Waals surface area contributed by atoms with Gasteiger partial charge >= 0.3 is 0 Å². The van der Waals surface area contributed by atoms with E-state index < -0.39 is 22.1 Å². The molecule has 0 aliphatic carbocycles. The van der Waals surface area contributed by atoms with Gasteiger partial charge in [0.05, 0.1) is 31.7 Å². The van der Waals surface area contributed by atoms with Crippen molar-refractivity contribution >= 4 is 10.0 Å². The molecule has 24 heavy (non-hydrogen) atoms. The van der Waals surface area contributed by atoms with Gasteiger partial charge in [0.15, 0.2) is 5.82 Å². The summed E-state index contributed by atoms with van der Waals surface area (Å²) in [4.78, 5) is 0. The molecule has 1 N–H and O–H groups in total. The number of nitrogens with zero attached hydrogens (tertiary/aromatic N) is 5. The number of methoxy groups -OCH3 is 1. The van der Waals surface area contributed by atoms with Gasteiger partial charge in [-0.3, -0.25) is 0 Å². The minimum atomic E-state index is -3.50. The average molecular weight is 353 g/mol. The molecule has 1 fully saturated rings. The Bertz CT molecular complexity index is 805. The molecule has 2 aromatic rings. The van der Waals surface area contributed by atoms with Gasteiger partial charge in [-0.25, -0.2) is 8.42 Å². The SMILES string of the molecule is COc1ccc(-n2nnnc2[C@@H]2CC[C@@H](CO)N2S(C)(=O)=O)cc1. The molecule has 0 unspecified atom stereocenters. The van der Waals surface area contributed by atoms with E-state index in [1.165, 1.54) is 8.99 Å². The van der Waals surface area contributed by atoms with Gasteiger partial charge in [0.1, 0.15) is 5.75 Å². The molecule has 2 heterocycles. The van der Waals surface area contributed by atoms with E-state index in [-0.39, 0.29) is 6.61 Å². The van der Waals surface area contributed by atoms with Crippen LogP contribution in [-0.4, -0.2) is 64.1 Å². The van der Waals surface area contributed by atoms with Gasteiger partial charge in [0.25, 0.3) is 0 Å². The van der Waals surface area contributed by atoms with Crippen molar-refractivity contribution in [3.05, 3.63) is 30.1 Å². The lowest BCUT2D eigenvalue weighted by atomic mass is 10.2. The van der Waals surface area contributed by atoms with Crippen LogP contribution in [0, 0.1) is 0 Å². The van der Waals surface area contributed by atoms with Gasteiger partial charge in [-0.15, -0.1) is 5.10 Å². The lowest BCUT2D eigenvalue weighted by Gasteiger charge is -2.26. The van der Waals surface area contributed by atoms with E-state index >= 15 is 0 Å². The van der Waals surface area contributed by atoms with E-state index in [2.05, 4.69) is 15.5 Å². The predicted molar refractivity (Wildman–Crippen MR) is 85.2 cm³/mol. The number of hydrogen-bond donors (Lipinski definition) is 1. The molecule has 10 heteroatoms. The second-order valence-electron chi connectivity index (χ2n) is 5.67. The summed E-state index contributed by atoms with van der Waals surface area (Å²) in [5, 5.41) is 21.2. The first-order valence-electron chi connectivity index (χ1n) is 7.47. The minimum absolute atomic E-state index is 0.229. The summed E-state index contributed by atoms with van der Waals surface area (Å²) in [5.41, 5.74) is 0.705. The largest absolute Gasteiger partial charge is 0.497 e. The third kappa shape index (κ3) is 2.99. The Labute approximate surface area is 139 Å². The first-order chi connectivity index (χ1) is 11.5. The summed E-state index contributed by atoms with van der Waals surface area (Å²) < 4.78 is 32.3. The van der Waals surface area contributed by atoms with E-state index in [1.807, 2.05) is 0 Å². The van der Waals surface area contributed by atoms with Gasteiger partial charge in [-0.2, -0.15) is 8.99 Å². The summed E-state index contributed by atoms with van der Waals surface area (Å²) in [6.07, 6.45) is 2.24. The summed E-state index contributed by atoms with van der Waals surface area (Å²) in [6, 6.07) is 6.19. The highest BCUT2D eigenvalue weighted by Gasteiger charge is 2.42. The number of benzene rings is 1. The molecule has 1 aliphatic heterocycles. The topological polar surface area (TPSA) is 110 Å². The summed E-state index contributed by atoms with van der Waals surface area (Å²) >= 11 is 0. The Balaban J connectivity index is 2.00. The number of tetrazole rings is 1. The molecule has 1 aromatic heterocycles. The van der Waals surface area contributed by atoms with Gasteiger partial charge in [-0.1, -0.05) is 0 Å². The number of hydrogen-bond acceptors (Lipinski definition) is 7. The van der Waals surface area contributed by atoms with E-state index in [0.29, 0.717) is 30.1 Å². The quantitative estimate of drug-likeness (QED) is 0.813. The smallest absolute Gasteiger partial charge is 0.212 e. The monoisotopic (exact) mass is 353 g/mol. The van der Waals surface area contributed by atoms with Crippen molar-refractivity contribution in [1.29, 1.82) is 0 Å². The van der Waals surface area contributed by atoms with Crippen LogP contribution in [0.25, 0.3) is 5.69 Å². The summed E-state index contributed by atoms with van der Waals surface area (Å²) in [6.45, 7) is -0.229. The van der Waals surface area contributed by atoms with Gasteiger partial charge in [0, 0.05) is 6.04 Å². The standard InChI is InChI=1S/C14H19N5O4S/c1-23-12-6-3-10(4-7-12)18-14(15-16-17-18)13-8-5-11(9-20)19(13)24(2,21)22/h3-4,6-7,11,13,20H,5,8-9H2,1-2H3/t11-,13-/m0/s1. The Kier molecular flexibility index (Phi) is 4.52. The molecule has 0 saturated carbocycles. The van der Waals surface area contributed by atoms with E-state index in [0.717, 1.165) is 6.26 Å². The summed E-state index contributed by atoms with van der Waals surface area (Å²) in [5.74, 6) is 1.13. The molecule has 0 radical (unpaired) electrons. The van der Waals surface area contributed by atoms with E-state index in [4.69, 9.17) is 4.74 Å². The Morgan fingerprint density at radius 1 is 1.29 bits per heavy atom. The van der Waals surface area contributed by atoms with Crippen molar-refractivity contribution in [2.45, 2.75) is 24.9 Å². The van der Waals surface area contributed by atoms with E-state index in [9.17, 15) is 13.5 Å². The van der Waals surface area contributed by atoms with Gasteiger partial charge < -0.3 is 9.84 Å². The van der Waals surface area contributed by atoms with Crippen LogP contribution in [-0.2, 0) is 10.0 Å². The fourth-order valence-electron chi connectivity index (χ4n) is 3.08. The van der Waals surface area contributed by atoms with Crippen LogP contribution < -0.4 is 4.74 Å². The van der Waals surface area contributed by atoms with Crippen molar-refractivity contribution in [2.75, 3.05) is 20.0 Å². The average Bonchev–Trinajstić information content (AvgIpc) is 3.20. The lowest BCUT2D eigenvalue weighted by Crippen LogP contribution is -2.39. The molecule has 9 nitrogen and oxygen atoms in total. The van der Waals surface area contributed by atoms with Crippen molar-refractivity contribution in [2.24, 2.45) is 0 Å². The molecular weight excluding hydrogens is 334 g/mol. The number of rotatable bonds is 5. The molecule has 2 atom stereocenters. The second kappa shape index (κ2) is 6.46. The van der Waals surface area contributed by atoms with Crippen LogP contribution in [0.3, 0.4) is 0 Å². The van der Waals surface area contributed by atoms with Crippen LogP contribution in [0.5, 0.6) is 5.75 Å². The Morgan fingerprint density at radius 3 is 2.58 bits per heavy atom. The minimum Gasteiger partial charge on any atom is -0.497 e. The fourth-order valence-corrected chi connectivity index (χ4v) is 4.46. The molecule has 1 saturated heterocycles. The van der Waals surface area contributed by atoms with E-state index in [1.54, 1.807) is 31.4 Å². The molecule has 0 bridgehead atoms. The van der Waals surface area contributed by atoms with Crippen molar-refractivity contribution < 1.29 is 18.3 Å². The number of sulfonamides is 1. The molecule has 130 valence electrons. The number of aliphatic hydroxyl groups is 1. The van der Waals surface area contributed by atoms with Crippen LogP contribution in [0.2, 0.25) is 0 Å². The Hall–Kier alpha value is -2.04. The van der Waals surface area contributed by atoms with Crippen LogP contribution in [0.15, 0.2) is 24.3 Å². The molecule has 0 amide bonds. The maximum absolute atomic E-state index is 12.2. The Morgan fingerprint density at radius 2 is 2.00 bits per heavy atom. The van der Waals surface area contributed by atoms with Crippen molar-refractivity contribution in [3.63, 3.8) is 0 Å². The first kappa shape index (κ1) is 16.8. The highest BCUT2D eigenvalue weighted by Crippen LogP contribution is 2.37. The van der Waals surface area contributed by atoms with Crippen LogP contribution in [0.4, 0.5) is 0 Å². The highest BCUT2D eigenvalue weighted by molar-refractivity contribution is 7.88. The third-order valence-electron chi connectivity index (χ3n) is 4.14. The molecule has 1 aliphatic rings. The molecule has 0 spiro atoms. The summed E-state index contributed by atoms with van der Waals surface area (Å²) in [7, 11) is -1.93. The third-order valence-corrected chi connectivity index (χ3v) is 5.46. The number of aliphatic hydroxyl groups excluding tert-OH is 1. The maximum Gasteiger partial charge on any atom is 0.212 e. The van der Waals surface area contributed by atoms with Crippen LogP contribution >= 0.6 is 0 Å². The number of aromatic nitrogens is 4. The van der Waals surface area contributed by atoms with Gasteiger partial charge in [0.2, 0.25) is 10.0 Å². The first-order valence-corrected chi connectivity index (χ1v) is 9.32. The second-order valence-corrected chi connectivity index (χ2v) is 7.56.